The number of carbonyl (C=O) groups is 2. The first-order chi connectivity index (χ1) is 9.15. The quantitative estimate of drug-likeness (QED) is 0.470. The van der Waals surface area contributed by atoms with Gasteiger partial charge in [-0.15, -0.1) is 0 Å². The van der Waals surface area contributed by atoms with Crippen LogP contribution in [0.1, 0.15) is 25.7 Å². The van der Waals surface area contributed by atoms with Gasteiger partial charge in [-0.05, 0) is 37.5 Å². The van der Waals surface area contributed by atoms with E-state index in [1.807, 2.05) is 12.2 Å². The molecule has 2 rings (SSSR count). The fourth-order valence-electron chi connectivity index (χ4n) is 3.26. The largest absolute Gasteiger partial charge is 0.481 e. The van der Waals surface area contributed by atoms with Gasteiger partial charge in [0.05, 0.1) is 11.8 Å². The molecule has 1 amide bonds. The number of aliphatic hydroxyl groups excluding tert-OH is 1. The predicted molar refractivity (Wildman–Crippen MR) is 69.3 cm³/mol. The van der Waals surface area contributed by atoms with Crippen LogP contribution in [-0.4, -0.2) is 35.2 Å². The number of hydrogen-bond acceptors (Lipinski definition) is 3. The highest BCUT2D eigenvalue weighted by Gasteiger charge is 2.51. The number of carboxylic acids is 1. The van der Waals surface area contributed by atoms with Crippen LogP contribution < -0.4 is 5.32 Å². The van der Waals surface area contributed by atoms with Gasteiger partial charge < -0.3 is 15.5 Å². The average Bonchev–Trinajstić information content (AvgIpc) is 2.98. The molecule has 0 spiro atoms. The molecule has 0 aromatic rings. The maximum absolute atomic E-state index is 12.1. The molecule has 1 saturated carbocycles. The third-order valence-electron chi connectivity index (χ3n) is 4.18. The molecule has 1 fully saturated rings. The SMILES string of the molecule is O=C(O)C1C2C=CC(C2)C1C(=O)NCCCCCO. The molecule has 4 unspecified atom stereocenters. The van der Waals surface area contributed by atoms with Gasteiger partial charge in [0.15, 0.2) is 0 Å². The van der Waals surface area contributed by atoms with Crippen LogP contribution in [0.4, 0.5) is 0 Å². The van der Waals surface area contributed by atoms with Gasteiger partial charge in [-0.25, -0.2) is 0 Å². The van der Waals surface area contributed by atoms with Crippen LogP contribution in [0.15, 0.2) is 12.2 Å². The van der Waals surface area contributed by atoms with Crippen LogP contribution in [-0.2, 0) is 9.59 Å². The smallest absolute Gasteiger partial charge is 0.307 e. The molecule has 0 aliphatic heterocycles. The van der Waals surface area contributed by atoms with E-state index in [1.54, 1.807) is 0 Å². The Bertz CT molecular complexity index is 380. The van der Waals surface area contributed by atoms with Gasteiger partial charge in [0.25, 0.3) is 0 Å². The molecule has 3 N–H and O–H groups in total. The number of carbonyl (C=O) groups excluding carboxylic acids is 1. The fourth-order valence-corrected chi connectivity index (χ4v) is 3.26. The van der Waals surface area contributed by atoms with E-state index < -0.39 is 17.8 Å². The van der Waals surface area contributed by atoms with Gasteiger partial charge in [0, 0.05) is 13.2 Å². The Kier molecular flexibility index (Phi) is 4.58. The third kappa shape index (κ3) is 2.97. The molecule has 0 aromatic carbocycles. The zero-order valence-corrected chi connectivity index (χ0v) is 10.9. The van der Waals surface area contributed by atoms with Crippen molar-refractivity contribution >= 4 is 11.9 Å². The average molecular weight is 267 g/mol. The highest BCUT2D eigenvalue weighted by Crippen LogP contribution is 2.48. The number of aliphatic carboxylic acids is 1. The van der Waals surface area contributed by atoms with Gasteiger partial charge in [0.2, 0.25) is 5.91 Å². The third-order valence-corrected chi connectivity index (χ3v) is 4.18. The van der Waals surface area contributed by atoms with Gasteiger partial charge in [-0.3, -0.25) is 9.59 Å². The summed E-state index contributed by atoms with van der Waals surface area (Å²) in [6.45, 7) is 0.731. The Labute approximate surface area is 112 Å². The van der Waals surface area contributed by atoms with E-state index in [2.05, 4.69) is 5.32 Å². The molecule has 19 heavy (non-hydrogen) atoms. The van der Waals surface area contributed by atoms with E-state index in [0.29, 0.717) is 6.54 Å². The van der Waals surface area contributed by atoms with E-state index in [-0.39, 0.29) is 24.3 Å². The molecule has 0 saturated heterocycles. The summed E-state index contributed by atoms with van der Waals surface area (Å²) in [7, 11) is 0. The van der Waals surface area contributed by atoms with Crippen molar-refractivity contribution < 1.29 is 19.8 Å². The molecule has 0 radical (unpaired) electrons. The maximum Gasteiger partial charge on any atom is 0.307 e. The Morgan fingerprint density at radius 3 is 2.42 bits per heavy atom. The summed E-state index contributed by atoms with van der Waals surface area (Å²) in [6, 6.07) is 0. The molecule has 5 nitrogen and oxygen atoms in total. The number of carboxylic acid groups (broad SMARTS) is 1. The normalized spacial score (nSPS) is 31.6. The minimum Gasteiger partial charge on any atom is -0.481 e. The topological polar surface area (TPSA) is 86.6 Å². The highest BCUT2D eigenvalue weighted by molar-refractivity contribution is 5.86. The van der Waals surface area contributed by atoms with Crippen LogP contribution in [0, 0.1) is 23.7 Å². The lowest BCUT2D eigenvalue weighted by Gasteiger charge is -2.23. The summed E-state index contributed by atoms with van der Waals surface area (Å²) in [6.07, 6.45) is 7.15. The number of nitrogens with one attached hydrogen (secondary N) is 1. The van der Waals surface area contributed by atoms with E-state index in [1.165, 1.54) is 0 Å². The molecule has 2 aliphatic carbocycles. The van der Waals surface area contributed by atoms with Crippen LogP contribution >= 0.6 is 0 Å². The van der Waals surface area contributed by atoms with E-state index >= 15 is 0 Å². The fraction of sp³-hybridized carbons (Fsp3) is 0.714. The first-order valence-corrected chi connectivity index (χ1v) is 6.95. The van der Waals surface area contributed by atoms with Crippen molar-refractivity contribution in [3.05, 3.63) is 12.2 Å². The Morgan fingerprint density at radius 1 is 1.11 bits per heavy atom. The molecule has 106 valence electrons. The van der Waals surface area contributed by atoms with Crippen LogP contribution in [0.5, 0.6) is 0 Å². The number of hydrogen-bond donors (Lipinski definition) is 3. The Hall–Kier alpha value is -1.36. The standard InChI is InChI=1S/C14H21NO4/c16-7-3-1-2-6-15-13(17)11-9-4-5-10(8-9)12(11)14(18)19/h4-5,9-12,16H,1-3,6-8H2,(H,15,17)(H,18,19). The summed E-state index contributed by atoms with van der Waals surface area (Å²) < 4.78 is 0. The van der Waals surface area contributed by atoms with Crippen molar-refractivity contribution in [1.82, 2.24) is 5.32 Å². The van der Waals surface area contributed by atoms with Crippen LogP contribution in [0.2, 0.25) is 0 Å². The Morgan fingerprint density at radius 2 is 1.79 bits per heavy atom. The lowest BCUT2D eigenvalue weighted by atomic mass is 9.82. The van der Waals surface area contributed by atoms with Crippen molar-refractivity contribution in [2.75, 3.05) is 13.2 Å². The monoisotopic (exact) mass is 267 g/mol. The summed E-state index contributed by atoms with van der Waals surface area (Å²) >= 11 is 0. The summed E-state index contributed by atoms with van der Waals surface area (Å²) in [5, 5.41) is 20.7. The van der Waals surface area contributed by atoms with Crippen molar-refractivity contribution in [3.8, 4) is 0 Å². The zero-order chi connectivity index (χ0) is 13.8. The van der Waals surface area contributed by atoms with Crippen molar-refractivity contribution in [2.45, 2.75) is 25.7 Å². The molecular weight excluding hydrogens is 246 g/mol. The van der Waals surface area contributed by atoms with Crippen LogP contribution in [0.3, 0.4) is 0 Å². The van der Waals surface area contributed by atoms with Crippen molar-refractivity contribution in [2.24, 2.45) is 23.7 Å². The first kappa shape index (κ1) is 14.1. The molecular formula is C14H21NO4. The number of unbranched alkanes of at least 4 members (excludes halogenated alkanes) is 2. The van der Waals surface area contributed by atoms with Crippen LogP contribution in [0.25, 0.3) is 0 Å². The number of aliphatic hydroxyl groups is 1. The van der Waals surface area contributed by atoms with E-state index in [0.717, 1.165) is 25.7 Å². The van der Waals surface area contributed by atoms with E-state index in [4.69, 9.17) is 5.11 Å². The molecule has 4 atom stereocenters. The molecule has 2 bridgehead atoms. The number of rotatable bonds is 7. The second kappa shape index (κ2) is 6.19. The van der Waals surface area contributed by atoms with Gasteiger partial charge in [0.1, 0.15) is 0 Å². The molecule has 5 heteroatoms. The number of amides is 1. The Balaban J connectivity index is 1.84. The summed E-state index contributed by atoms with van der Waals surface area (Å²) in [5.74, 6) is -1.86. The minimum atomic E-state index is -0.864. The maximum atomic E-state index is 12.1. The van der Waals surface area contributed by atoms with Gasteiger partial charge in [-0.1, -0.05) is 12.2 Å². The first-order valence-electron chi connectivity index (χ1n) is 6.95. The second-order valence-corrected chi connectivity index (χ2v) is 5.41. The summed E-state index contributed by atoms with van der Waals surface area (Å²) in [4.78, 5) is 23.4. The lowest BCUT2D eigenvalue weighted by Crippen LogP contribution is -2.40. The summed E-state index contributed by atoms with van der Waals surface area (Å²) in [5.41, 5.74) is 0. The lowest BCUT2D eigenvalue weighted by molar-refractivity contribution is -0.147. The van der Waals surface area contributed by atoms with Gasteiger partial charge in [-0.2, -0.15) is 0 Å². The zero-order valence-electron chi connectivity index (χ0n) is 10.9. The highest BCUT2D eigenvalue weighted by atomic mass is 16.4. The predicted octanol–water partition coefficient (Wildman–Crippen LogP) is 0.788. The number of fused-ring (bicyclic) bond motifs is 2. The second-order valence-electron chi connectivity index (χ2n) is 5.41. The van der Waals surface area contributed by atoms with Crippen molar-refractivity contribution in [3.63, 3.8) is 0 Å². The number of allylic oxidation sites excluding steroid dienone is 2. The molecule has 2 aliphatic rings. The molecule has 0 heterocycles. The minimum absolute atomic E-state index is 0.0210. The van der Waals surface area contributed by atoms with Crippen molar-refractivity contribution in [1.29, 1.82) is 0 Å². The van der Waals surface area contributed by atoms with Gasteiger partial charge >= 0.3 is 5.97 Å². The van der Waals surface area contributed by atoms with E-state index in [9.17, 15) is 14.7 Å². The molecule has 0 aromatic heterocycles.